The average Bonchev–Trinajstić information content (AvgIpc) is 2.15. The normalized spacial score (nSPS) is 28.7. The first-order valence-electron chi connectivity index (χ1n) is 5.24. The zero-order chi connectivity index (χ0) is 11.6. The van der Waals surface area contributed by atoms with E-state index in [4.69, 9.17) is 5.11 Å². The van der Waals surface area contributed by atoms with Crippen LogP contribution in [-0.4, -0.2) is 40.5 Å². The van der Waals surface area contributed by atoms with Gasteiger partial charge in [-0.1, -0.05) is 6.92 Å². The minimum atomic E-state index is -2.83. The summed E-state index contributed by atoms with van der Waals surface area (Å²) in [6.45, 7) is 3.97. The maximum Gasteiger partial charge on any atom is 0.321 e. The van der Waals surface area contributed by atoms with Crippen LogP contribution in [0, 0.1) is 0 Å². The molecule has 15 heavy (non-hydrogen) atoms. The average molecular weight is 221 g/mol. The Bertz CT molecular complexity index is 246. The van der Waals surface area contributed by atoms with Crippen molar-refractivity contribution in [3.8, 4) is 0 Å². The van der Waals surface area contributed by atoms with E-state index >= 15 is 0 Å². The Morgan fingerprint density at radius 3 is 2.73 bits per heavy atom. The highest BCUT2D eigenvalue weighted by atomic mass is 19.3. The van der Waals surface area contributed by atoms with Gasteiger partial charge in [-0.2, -0.15) is 0 Å². The van der Waals surface area contributed by atoms with Crippen molar-refractivity contribution in [1.82, 2.24) is 4.90 Å². The number of likely N-dealkylation sites (tertiary alicyclic amines) is 1. The predicted molar refractivity (Wildman–Crippen MR) is 52.1 cm³/mol. The summed E-state index contributed by atoms with van der Waals surface area (Å²) >= 11 is 0. The molecule has 0 aromatic rings. The van der Waals surface area contributed by atoms with Crippen LogP contribution in [0.1, 0.15) is 33.1 Å². The minimum Gasteiger partial charge on any atom is -0.480 e. The Labute approximate surface area is 88.1 Å². The molecule has 3 nitrogen and oxygen atoms in total. The van der Waals surface area contributed by atoms with Gasteiger partial charge in [-0.15, -0.1) is 0 Å². The number of alkyl halides is 2. The second kappa shape index (κ2) is 4.43. The number of hydrogen-bond acceptors (Lipinski definition) is 2. The summed E-state index contributed by atoms with van der Waals surface area (Å²) < 4.78 is 26.1. The van der Waals surface area contributed by atoms with Crippen LogP contribution in [0.25, 0.3) is 0 Å². The van der Waals surface area contributed by atoms with E-state index in [1.54, 1.807) is 4.90 Å². The van der Waals surface area contributed by atoms with E-state index in [1.807, 2.05) is 13.8 Å². The van der Waals surface area contributed by atoms with Crippen LogP contribution in [0.15, 0.2) is 0 Å². The summed E-state index contributed by atoms with van der Waals surface area (Å²) in [5.74, 6) is -3.97. The van der Waals surface area contributed by atoms with Gasteiger partial charge < -0.3 is 5.11 Å². The van der Waals surface area contributed by atoms with Crippen molar-refractivity contribution in [2.75, 3.05) is 6.54 Å². The van der Waals surface area contributed by atoms with Gasteiger partial charge in [0, 0.05) is 25.4 Å². The molecule has 1 aliphatic rings. The summed E-state index contributed by atoms with van der Waals surface area (Å²) in [6, 6.07) is -0.995. The van der Waals surface area contributed by atoms with Crippen molar-refractivity contribution in [3.63, 3.8) is 0 Å². The Morgan fingerprint density at radius 2 is 2.27 bits per heavy atom. The molecule has 0 radical (unpaired) electrons. The van der Waals surface area contributed by atoms with Crippen LogP contribution >= 0.6 is 0 Å². The maximum absolute atomic E-state index is 13.1. The van der Waals surface area contributed by atoms with E-state index in [-0.39, 0.29) is 19.0 Å². The Kier molecular flexibility index (Phi) is 3.65. The Hall–Kier alpha value is -0.710. The highest BCUT2D eigenvalue weighted by molar-refractivity contribution is 5.73. The fourth-order valence-electron chi connectivity index (χ4n) is 1.94. The van der Waals surface area contributed by atoms with E-state index in [0.717, 1.165) is 6.42 Å². The number of hydrogen-bond donors (Lipinski definition) is 1. The van der Waals surface area contributed by atoms with Gasteiger partial charge in [0.15, 0.2) is 0 Å². The first kappa shape index (κ1) is 12.4. The van der Waals surface area contributed by atoms with Gasteiger partial charge in [-0.05, 0) is 13.3 Å². The highest BCUT2D eigenvalue weighted by Gasteiger charge is 2.44. The lowest BCUT2D eigenvalue weighted by Crippen LogP contribution is -2.53. The first-order valence-corrected chi connectivity index (χ1v) is 5.24. The number of carbonyl (C=O) groups is 1. The first-order chi connectivity index (χ1) is 6.87. The second-order valence-electron chi connectivity index (χ2n) is 4.16. The smallest absolute Gasteiger partial charge is 0.321 e. The van der Waals surface area contributed by atoms with Gasteiger partial charge in [0.2, 0.25) is 0 Å². The maximum atomic E-state index is 13.1. The lowest BCUT2D eigenvalue weighted by molar-refractivity contribution is -0.156. The number of rotatable bonds is 3. The third-order valence-corrected chi connectivity index (χ3v) is 3.07. The van der Waals surface area contributed by atoms with Gasteiger partial charge in [0.25, 0.3) is 5.92 Å². The van der Waals surface area contributed by atoms with Gasteiger partial charge in [-0.25, -0.2) is 8.78 Å². The number of piperidine rings is 1. The molecule has 2 atom stereocenters. The molecule has 88 valence electrons. The van der Waals surface area contributed by atoms with Gasteiger partial charge in [-0.3, -0.25) is 9.69 Å². The van der Waals surface area contributed by atoms with E-state index < -0.39 is 24.4 Å². The van der Waals surface area contributed by atoms with Crippen molar-refractivity contribution in [2.24, 2.45) is 0 Å². The van der Waals surface area contributed by atoms with Crippen LogP contribution < -0.4 is 0 Å². The summed E-state index contributed by atoms with van der Waals surface area (Å²) in [5, 5.41) is 8.91. The summed E-state index contributed by atoms with van der Waals surface area (Å²) in [7, 11) is 0. The molecule has 0 spiro atoms. The topological polar surface area (TPSA) is 40.5 Å². The van der Waals surface area contributed by atoms with E-state index in [2.05, 4.69) is 0 Å². The Morgan fingerprint density at radius 1 is 1.67 bits per heavy atom. The van der Waals surface area contributed by atoms with Crippen molar-refractivity contribution >= 4 is 5.97 Å². The lowest BCUT2D eigenvalue weighted by Gasteiger charge is -2.40. The van der Waals surface area contributed by atoms with Crippen molar-refractivity contribution in [1.29, 1.82) is 0 Å². The molecule has 1 heterocycles. The number of nitrogens with zero attached hydrogens (tertiary/aromatic N) is 1. The molecule has 0 aliphatic carbocycles. The molecule has 1 N–H and O–H groups in total. The molecule has 0 bridgehead atoms. The van der Waals surface area contributed by atoms with E-state index in [0.29, 0.717) is 0 Å². The van der Waals surface area contributed by atoms with Gasteiger partial charge in [0.1, 0.15) is 6.04 Å². The molecule has 0 saturated carbocycles. The third-order valence-electron chi connectivity index (χ3n) is 3.07. The Balaban J connectivity index is 2.76. The van der Waals surface area contributed by atoms with Gasteiger partial charge in [0.05, 0.1) is 0 Å². The molecule has 0 aromatic heterocycles. The lowest BCUT2D eigenvalue weighted by atomic mass is 9.96. The molecule has 1 unspecified atom stereocenters. The molecule has 1 rings (SSSR count). The molecule has 1 fully saturated rings. The zero-order valence-electron chi connectivity index (χ0n) is 9.04. The largest absolute Gasteiger partial charge is 0.480 e. The van der Waals surface area contributed by atoms with Gasteiger partial charge >= 0.3 is 5.97 Å². The van der Waals surface area contributed by atoms with Crippen molar-refractivity contribution in [3.05, 3.63) is 0 Å². The number of carboxylic acids is 1. The highest BCUT2D eigenvalue weighted by Crippen LogP contribution is 2.33. The SMILES string of the molecule is CCC(C)N1CCC(F)(F)C[C@H]1C(=O)O. The number of carboxylic acid groups (broad SMARTS) is 1. The van der Waals surface area contributed by atoms with Crippen LogP contribution in [0.3, 0.4) is 0 Å². The van der Waals surface area contributed by atoms with E-state index in [1.165, 1.54) is 0 Å². The van der Waals surface area contributed by atoms with Crippen molar-refractivity contribution in [2.45, 2.75) is 51.1 Å². The number of aliphatic carboxylic acids is 1. The monoisotopic (exact) mass is 221 g/mol. The molecule has 1 aliphatic heterocycles. The molecular formula is C10H17F2NO2. The quantitative estimate of drug-likeness (QED) is 0.792. The second-order valence-corrected chi connectivity index (χ2v) is 4.16. The molecule has 0 amide bonds. The van der Waals surface area contributed by atoms with E-state index in [9.17, 15) is 13.6 Å². The zero-order valence-corrected chi connectivity index (χ0v) is 9.04. The molecule has 5 heteroatoms. The standard InChI is InChI=1S/C10H17F2NO2/c1-3-7(2)13-5-4-10(11,12)6-8(13)9(14)15/h7-8H,3-6H2,1-2H3,(H,14,15)/t7?,8-/m0/s1. The fraction of sp³-hybridized carbons (Fsp3) is 0.900. The minimum absolute atomic E-state index is 0.0437. The molecule has 1 saturated heterocycles. The van der Waals surface area contributed by atoms with Crippen LogP contribution in [0.2, 0.25) is 0 Å². The summed E-state index contributed by atoms with van der Waals surface area (Å²) in [5.41, 5.74) is 0. The summed E-state index contributed by atoms with van der Waals surface area (Å²) in [6.07, 6.45) is -0.0247. The third kappa shape index (κ3) is 2.87. The summed E-state index contributed by atoms with van der Waals surface area (Å²) in [4.78, 5) is 12.6. The number of halogens is 2. The molecule has 0 aromatic carbocycles. The predicted octanol–water partition coefficient (Wildman–Crippen LogP) is 1.97. The molecular weight excluding hydrogens is 204 g/mol. The van der Waals surface area contributed by atoms with Crippen LogP contribution in [0.5, 0.6) is 0 Å². The van der Waals surface area contributed by atoms with Crippen LogP contribution in [0.4, 0.5) is 8.78 Å². The fourth-order valence-corrected chi connectivity index (χ4v) is 1.94. The van der Waals surface area contributed by atoms with Crippen LogP contribution in [-0.2, 0) is 4.79 Å². The van der Waals surface area contributed by atoms with Crippen molar-refractivity contribution < 1.29 is 18.7 Å².